The lowest BCUT2D eigenvalue weighted by molar-refractivity contribution is -0.121. The van der Waals surface area contributed by atoms with Gasteiger partial charge >= 0.3 is 0 Å². The first-order chi connectivity index (χ1) is 9.60. The molecule has 1 aromatic carbocycles. The highest BCUT2D eigenvalue weighted by Gasteiger charge is 2.22. The number of nitrogens with one attached hydrogen (secondary N) is 2. The van der Waals surface area contributed by atoms with Gasteiger partial charge in [0.25, 0.3) is 0 Å². The van der Waals surface area contributed by atoms with Gasteiger partial charge in [-0.15, -0.1) is 0 Å². The molecule has 3 rings (SSSR count). The van der Waals surface area contributed by atoms with E-state index in [2.05, 4.69) is 15.3 Å². The Labute approximate surface area is 118 Å². The van der Waals surface area contributed by atoms with Crippen molar-refractivity contribution in [2.75, 3.05) is 0 Å². The first kappa shape index (κ1) is 13.1. The molecule has 4 N–H and O–H groups in total. The second-order valence-corrected chi connectivity index (χ2v) is 5.69. The molecule has 1 amide bonds. The van der Waals surface area contributed by atoms with Crippen molar-refractivity contribution in [3.05, 3.63) is 29.6 Å². The highest BCUT2D eigenvalue weighted by molar-refractivity contribution is 5.82. The molecule has 1 aromatic heterocycles. The van der Waals surface area contributed by atoms with Crippen LogP contribution in [0, 0.1) is 6.92 Å². The van der Waals surface area contributed by atoms with E-state index < -0.39 is 0 Å². The Morgan fingerprint density at radius 1 is 1.50 bits per heavy atom. The Bertz CT molecular complexity index is 634. The van der Waals surface area contributed by atoms with Gasteiger partial charge in [-0.2, -0.15) is 0 Å². The summed E-state index contributed by atoms with van der Waals surface area (Å²) < 4.78 is 0. The number of carbonyl (C=O) groups excluding carboxylic acids is 1. The van der Waals surface area contributed by atoms with Crippen LogP contribution in [0.1, 0.15) is 30.7 Å². The number of rotatable bonds is 3. The average molecular weight is 272 g/mol. The summed E-state index contributed by atoms with van der Waals surface area (Å²) in [7, 11) is 0. The number of carbonyl (C=O) groups is 1. The van der Waals surface area contributed by atoms with E-state index in [-0.39, 0.29) is 18.0 Å². The number of amides is 1. The Balaban J connectivity index is 1.64. The van der Waals surface area contributed by atoms with Gasteiger partial charge in [-0.05, 0) is 43.9 Å². The van der Waals surface area contributed by atoms with Crippen LogP contribution in [0.5, 0.6) is 0 Å². The molecule has 1 heterocycles. The topological polar surface area (TPSA) is 83.8 Å². The van der Waals surface area contributed by atoms with Crippen LogP contribution in [0.2, 0.25) is 0 Å². The van der Waals surface area contributed by atoms with E-state index in [1.54, 1.807) is 0 Å². The minimum absolute atomic E-state index is 0.0692. The third-order valence-corrected chi connectivity index (χ3v) is 3.87. The summed E-state index contributed by atoms with van der Waals surface area (Å²) in [6.45, 7) is 1.93. The number of nitrogens with two attached hydrogens (primary N) is 1. The second kappa shape index (κ2) is 5.25. The molecule has 0 saturated heterocycles. The van der Waals surface area contributed by atoms with Crippen molar-refractivity contribution in [1.82, 2.24) is 15.3 Å². The molecule has 0 unspecified atom stereocenters. The molecular formula is C15H20N4O. The maximum atomic E-state index is 12.0. The lowest BCUT2D eigenvalue weighted by Crippen LogP contribution is -2.35. The molecular weight excluding hydrogens is 252 g/mol. The van der Waals surface area contributed by atoms with E-state index in [0.29, 0.717) is 6.42 Å². The van der Waals surface area contributed by atoms with E-state index in [9.17, 15) is 4.79 Å². The minimum Gasteiger partial charge on any atom is -0.353 e. The summed E-state index contributed by atoms with van der Waals surface area (Å²) in [6, 6.07) is 6.39. The van der Waals surface area contributed by atoms with Crippen LogP contribution in [-0.2, 0) is 11.2 Å². The normalized spacial score (nSPS) is 22.3. The van der Waals surface area contributed by atoms with Crippen molar-refractivity contribution >= 4 is 16.9 Å². The van der Waals surface area contributed by atoms with Crippen LogP contribution in [0.3, 0.4) is 0 Å². The van der Waals surface area contributed by atoms with Gasteiger partial charge in [-0.3, -0.25) is 4.79 Å². The Morgan fingerprint density at radius 2 is 2.35 bits per heavy atom. The zero-order chi connectivity index (χ0) is 14.1. The van der Waals surface area contributed by atoms with Crippen LogP contribution < -0.4 is 11.1 Å². The molecule has 2 atom stereocenters. The van der Waals surface area contributed by atoms with Gasteiger partial charge < -0.3 is 16.0 Å². The summed E-state index contributed by atoms with van der Waals surface area (Å²) in [5.74, 6) is 0.959. The molecule has 1 aliphatic carbocycles. The quantitative estimate of drug-likeness (QED) is 0.790. The van der Waals surface area contributed by atoms with Crippen molar-refractivity contribution in [1.29, 1.82) is 0 Å². The fraction of sp³-hybridized carbons (Fsp3) is 0.467. The van der Waals surface area contributed by atoms with E-state index in [1.807, 2.05) is 25.1 Å². The minimum atomic E-state index is 0.0692. The summed E-state index contributed by atoms with van der Waals surface area (Å²) in [4.78, 5) is 19.6. The van der Waals surface area contributed by atoms with E-state index >= 15 is 0 Å². The standard InChI is InChI=1S/C15H20N4O/c1-9-17-13-5-2-10(6-14(13)18-9)7-15(20)19-12-4-3-11(16)8-12/h2,5-6,11-12H,3-4,7-8,16H2,1H3,(H,17,18)(H,19,20)/t11-,12-/m0/s1. The van der Waals surface area contributed by atoms with E-state index in [4.69, 9.17) is 5.73 Å². The second-order valence-electron chi connectivity index (χ2n) is 5.69. The zero-order valence-electron chi connectivity index (χ0n) is 11.6. The largest absolute Gasteiger partial charge is 0.353 e. The molecule has 5 nitrogen and oxygen atoms in total. The van der Waals surface area contributed by atoms with Crippen molar-refractivity contribution in [2.24, 2.45) is 5.73 Å². The number of aryl methyl sites for hydroxylation is 1. The van der Waals surface area contributed by atoms with Gasteiger partial charge in [0.15, 0.2) is 0 Å². The molecule has 1 saturated carbocycles. The lowest BCUT2D eigenvalue weighted by Gasteiger charge is -2.12. The summed E-state index contributed by atoms with van der Waals surface area (Å²) in [5.41, 5.74) is 8.78. The SMILES string of the molecule is Cc1nc2ccc(CC(=O)N[C@H]3CC[C@H](N)C3)cc2[nH]1. The maximum absolute atomic E-state index is 12.0. The Morgan fingerprint density at radius 3 is 3.10 bits per heavy atom. The molecule has 0 aliphatic heterocycles. The van der Waals surface area contributed by atoms with Gasteiger partial charge in [0, 0.05) is 12.1 Å². The van der Waals surface area contributed by atoms with Crippen molar-refractivity contribution in [2.45, 2.75) is 44.7 Å². The molecule has 0 bridgehead atoms. The number of benzene rings is 1. The molecule has 0 radical (unpaired) electrons. The van der Waals surface area contributed by atoms with Crippen LogP contribution in [0.25, 0.3) is 11.0 Å². The number of imidazole rings is 1. The number of hydrogen-bond acceptors (Lipinski definition) is 3. The van der Waals surface area contributed by atoms with Gasteiger partial charge in [-0.25, -0.2) is 4.98 Å². The zero-order valence-corrected chi connectivity index (χ0v) is 11.6. The Hall–Kier alpha value is -1.88. The van der Waals surface area contributed by atoms with Gasteiger partial charge in [0.1, 0.15) is 5.82 Å². The predicted octanol–water partition coefficient (Wildman–Crippen LogP) is 1.41. The van der Waals surface area contributed by atoms with Crippen molar-refractivity contribution in [3.8, 4) is 0 Å². The number of fused-ring (bicyclic) bond motifs is 1. The Kier molecular flexibility index (Phi) is 3.44. The highest BCUT2D eigenvalue weighted by atomic mass is 16.1. The van der Waals surface area contributed by atoms with Crippen LogP contribution >= 0.6 is 0 Å². The molecule has 20 heavy (non-hydrogen) atoms. The number of aromatic amines is 1. The molecule has 1 aliphatic rings. The first-order valence-electron chi connectivity index (χ1n) is 7.10. The number of H-pyrrole nitrogens is 1. The predicted molar refractivity (Wildman–Crippen MR) is 78.3 cm³/mol. The highest BCUT2D eigenvalue weighted by Crippen LogP contribution is 2.18. The average Bonchev–Trinajstić information content (AvgIpc) is 2.93. The van der Waals surface area contributed by atoms with Gasteiger partial charge in [-0.1, -0.05) is 6.07 Å². The molecule has 106 valence electrons. The fourth-order valence-corrected chi connectivity index (χ4v) is 2.91. The van der Waals surface area contributed by atoms with Crippen LogP contribution in [-0.4, -0.2) is 28.0 Å². The number of nitrogens with zero attached hydrogens (tertiary/aromatic N) is 1. The first-order valence-corrected chi connectivity index (χ1v) is 7.10. The summed E-state index contributed by atoms with van der Waals surface area (Å²) >= 11 is 0. The van der Waals surface area contributed by atoms with Crippen molar-refractivity contribution in [3.63, 3.8) is 0 Å². The van der Waals surface area contributed by atoms with E-state index in [0.717, 1.165) is 41.7 Å². The monoisotopic (exact) mass is 272 g/mol. The summed E-state index contributed by atoms with van der Waals surface area (Å²) in [6.07, 6.45) is 3.29. The van der Waals surface area contributed by atoms with Gasteiger partial charge in [0.05, 0.1) is 17.5 Å². The fourth-order valence-electron chi connectivity index (χ4n) is 2.91. The lowest BCUT2D eigenvalue weighted by atomic mass is 10.1. The third-order valence-electron chi connectivity index (χ3n) is 3.87. The van der Waals surface area contributed by atoms with Crippen LogP contribution in [0.15, 0.2) is 18.2 Å². The van der Waals surface area contributed by atoms with Gasteiger partial charge in [0.2, 0.25) is 5.91 Å². The smallest absolute Gasteiger partial charge is 0.224 e. The maximum Gasteiger partial charge on any atom is 0.224 e. The molecule has 0 spiro atoms. The summed E-state index contributed by atoms with van der Waals surface area (Å²) in [5, 5.41) is 3.07. The van der Waals surface area contributed by atoms with Crippen LogP contribution in [0.4, 0.5) is 0 Å². The number of hydrogen-bond donors (Lipinski definition) is 3. The molecule has 5 heteroatoms. The molecule has 1 fully saturated rings. The molecule has 2 aromatic rings. The van der Waals surface area contributed by atoms with E-state index in [1.165, 1.54) is 0 Å². The number of aromatic nitrogens is 2. The third kappa shape index (κ3) is 2.82. The van der Waals surface area contributed by atoms with Crippen molar-refractivity contribution < 1.29 is 4.79 Å².